The van der Waals surface area contributed by atoms with Gasteiger partial charge in [-0.1, -0.05) is 30.3 Å². The van der Waals surface area contributed by atoms with Gasteiger partial charge in [0.05, 0.1) is 25.6 Å². The Balaban J connectivity index is 1.99. The Bertz CT molecular complexity index is 1030. The van der Waals surface area contributed by atoms with Gasteiger partial charge in [-0.2, -0.15) is 0 Å². The molecule has 0 aliphatic rings. The molecule has 0 aliphatic heterocycles. The number of carbonyl (C=O) groups excluding carboxylic acids is 1. The lowest BCUT2D eigenvalue weighted by molar-refractivity contribution is -0.115. The molecule has 0 fully saturated rings. The Morgan fingerprint density at radius 1 is 0.833 bits per heavy atom. The third kappa shape index (κ3) is 4.57. The van der Waals surface area contributed by atoms with E-state index in [1.807, 2.05) is 74.5 Å². The minimum atomic E-state index is -0.112. The summed E-state index contributed by atoms with van der Waals surface area (Å²) in [5, 5.41) is 0. The number of rotatable bonds is 7. The summed E-state index contributed by atoms with van der Waals surface area (Å²) in [4.78, 5) is 14.2. The number of hydrogen-bond donors (Lipinski definition) is 0. The number of aryl methyl sites for hydroxylation is 1. The number of benzene rings is 3. The van der Waals surface area contributed by atoms with Gasteiger partial charge in [-0.05, 0) is 48.7 Å². The van der Waals surface area contributed by atoms with Gasteiger partial charge < -0.3 is 14.2 Å². The highest BCUT2D eigenvalue weighted by Gasteiger charge is 2.19. The molecular formula is C25H27NO4. The number of ether oxygens (including phenoxy) is 3. The van der Waals surface area contributed by atoms with Crippen LogP contribution in [0.5, 0.6) is 17.2 Å². The molecule has 3 aromatic carbocycles. The van der Waals surface area contributed by atoms with Crippen molar-refractivity contribution in [3.05, 3.63) is 77.4 Å². The fraction of sp³-hybridized carbons (Fsp3) is 0.240. The van der Waals surface area contributed by atoms with Gasteiger partial charge in [0, 0.05) is 19.1 Å². The van der Waals surface area contributed by atoms with Crippen LogP contribution >= 0.6 is 0 Å². The molecule has 3 rings (SSSR count). The Hall–Kier alpha value is -3.47. The number of methoxy groups -OCH3 is 2. The zero-order valence-electron chi connectivity index (χ0n) is 18.1. The lowest BCUT2D eigenvalue weighted by atomic mass is 10.1. The van der Waals surface area contributed by atoms with Crippen LogP contribution in [0.25, 0.3) is 0 Å². The summed E-state index contributed by atoms with van der Waals surface area (Å²) in [7, 11) is 3.23. The molecule has 0 heterocycles. The van der Waals surface area contributed by atoms with Crippen LogP contribution in [0.15, 0.2) is 60.7 Å². The van der Waals surface area contributed by atoms with E-state index in [2.05, 4.69) is 0 Å². The molecule has 0 atom stereocenters. The molecule has 0 saturated carbocycles. The zero-order valence-corrected chi connectivity index (χ0v) is 18.1. The number of carbonyl (C=O) groups is 1. The molecule has 0 unspecified atom stereocenters. The van der Waals surface area contributed by atoms with Crippen molar-refractivity contribution in [2.45, 2.75) is 27.4 Å². The molecule has 0 radical (unpaired) electrons. The average Bonchev–Trinajstić information content (AvgIpc) is 2.75. The smallest absolute Gasteiger partial charge is 0.228 e. The van der Waals surface area contributed by atoms with Gasteiger partial charge in [0.1, 0.15) is 12.4 Å². The number of amides is 1. The molecule has 5 heteroatoms. The number of anilines is 2. The van der Waals surface area contributed by atoms with Crippen molar-refractivity contribution in [2.75, 3.05) is 19.1 Å². The van der Waals surface area contributed by atoms with Crippen molar-refractivity contribution < 1.29 is 19.0 Å². The first-order valence-corrected chi connectivity index (χ1v) is 9.75. The standard InChI is InChI=1S/C25H27NO4/c1-17-13-22(15-24(29-5)18(17)2)26(19(3)27)21-11-12-23(28-4)25(14-21)30-16-20-9-7-6-8-10-20/h6-15H,16H2,1-5H3. The second-order valence-corrected chi connectivity index (χ2v) is 7.05. The van der Waals surface area contributed by atoms with E-state index in [9.17, 15) is 4.79 Å². The molecule has 0 N–H and O–H groups in total. The first kappa shape index (κ1) is 21.2. The average molecular weight is 405 g/mol. The Morgan fingerprint density at radius 3 is 2.13 bits per heavy atom. The fourth-order valence-electron chi connectivity index (χ4n) is 3.32. The minimum Gasteiger partial charge on any atom is -0.496 e. The fourth-order valence-corrected chi connectivity index (χ4v) is 3.32. The van der Waals surface area contributed by atoms with E-state index in [0.717, 1.165) is 28.1 Å². The Kier molecular flexibility index (Phi) is 6.62. The van der Waals surface area contributed by atoms with Gasteiger partial charge in [-0.25, -0.2) is 0 Å². The molecular weight excluding hydrogens is 378 g/mol. The van der Waals surface area contributed by atoms with Crippen LogP contribution < -0.4 is 19.1 Å². The maximum atomic E-state index is 12.6. The van der Waals surface area contributed by atoms with Crippen molar-refractivity contribution in [3.8, 4) is 17.2 Å². The van der Waals surface area contributed by atoms with Crippen LogP contribution in [0, 0.1) is 13.8 Å². The summed E-state index contributed by atoms with van der Waals surface area (Å²) in [6.45, 7) is 5.94. The predicted octanol–water partition coefficient (Wildman–Crippen LogP) is 5.58. The summed E-state index contributed by atoms with van der Waals surface area (Å²) < 4.78 is 17.0. The van der Waals surface area contributed by atoms with E-state index in [0.29, 0.717) is 23.8 Å². The summed E-state index contributed by atoms with van der Waals surface area (Å²) in [6.07, 6.45) is 0. The molecule has 0 spiro atoms. The van der Waals surface area contributed by atoms with Crippen LogP contribution in [0.3, 0.4) is 0 Å². The SMILES string of the molecule is COc1ccc(N(C(C)=O)c2cc(C)c(C)c(OC)c2)cc1OCc1ccccc1. The van der Waals surface area contributed by atoms with Crippen LogP contribution in [-0.4, -0.2) is 20.1 Å². The first-order valence-electron chi connectivity index (χ1n) is 9.75. The maximum absolute atomic E-state index is 12.6. The molecule has 156 valence electrons. The van der Waals surface area contributed by atoms with E-state index >= 15 is 0 Å². The number of hydrogen-bond acceptors (Lipinski definition) is 4. The van der Waals surface area contributed by atoms with E-state index in [1.54, 1.807) is 19.1 Å². The van der Waals surface area contributed by atoms with Crippen LogP contribution in [0.2, 0.25) is 0 Å². The highest BCUT2D eigenvalue weighted by Crippen LogP contribution is 2.37. The van der Waals surface area contributed by atoms with Crippen LogP contribution in [-0.2, 0) is 11.4 Å². The first-order chi connectivity index (χ1) is 14.4. The summed E-state index contributed by atoms with van der Waals surface area (Å²) >= 11 is 0. The third-order valence-electron chi connectivity index (χ3n) is 5.04. The minimum absolute atomic E-state index is 0.112. The van der Waals surface area contributed by atoms with Crippen molar-refractivity contribution in [3.63, 3.8) is 0 Å². The zero-order chi connectivity index (χ0) is 21.7. The van der Waals surface area contributed by atoms with E-state index in [-0.39, 0.29) is 5.91 Å². The topological polar surface area (TPSA) is 48.0 Å². The van der Waals surface area contributed by atoms with E-state index in [4.69, 9.17) is 14.2 Å². The summed E-state index contributed by atoms with van der Waals surface area (Å²) in [5.41, 5.74) is 4.57. The van der Waals surface area contributed by atoms with Gasteiger partial charge in [-0.15, -0.1) is 0 Å². The Morgan fingerprint density at radius 2 is 1.50 bits per heavy atom. The molecule has 5 nitrogen and oxygen atoms in total. The lowest BCUT2D eigenvalue weighted by Gasteiger charge is -2.24. The van der Waals surface area contributed by atoms with Gasteiger partial charge in [0.2, 0.25) is 5.91 Å². The molecule has 0 aliphatic carbocycles. The second-order valence-electron chi connectivity index (χ2n) is 7.05. The summed E-state index contributed by atoms with van der Waals surface area (Å²) in [6, 6.07) is 19.2. The highest BCUT2D eigenvalue weighted by molar-refractivity contribution is 5.99. The van der Waals surface area contributed by atoms with Crippen LogP contribution in [0.4, 0.5) is 11.4 Å². The van der Waals surface area contributed by atoms with Gasteiger partial charge in [0.15, 0.2) is 11.5 Å². The highest BCUT2D eigenvalue weighted by atomic mass is 16.5. The molecule has 1 amide bonds. The summed E-state index contributed by atoms with van der Waals surface area (Å²) in [5.74, 6) is 1.81. The molecule has 30 heavy (non-hydrogen) atoms. The van der Waals surface area contributed by atoms with Crippen molar-refractivity contribution >= 4 is 17.3 Å². The van der Waals surface area contributed by atoms with Crippen LogP contribution in [0.1, 0.15) is 23.6 Å². The predicted molar refractivity (Wildman–Crippen MR) is 119 cm³/mol. The van der Waals surface area contributed by atoms with Crippen molar-refractivity contribution in [1.29, 1.82) is 0 Å². The molecule has 0 aromatic heterocycles. The lowest BCUT2D eigenvalue weighted by Crippen LogP contribution is -2.23. The molecule has 0 saturated heterocycles. The monoisotopic (exact) mass is 405 g/mol. The second kappa shape index (κ2) is 9.35. The van der Waals surface area contributed by atoms with Crippen molar-refractivity contribution in [2.24, 2.45) is 0 Å². The third-order valence-corrected chi connectivity index (χ3v) is 5.04. The number of nitrogens with zero attached hydrogens (tertiary/aromatic N) is 1. The normalized spacial score (nSPS) is 10.4. The quantitative estimate of drug-likeness (QED) is 0.514. The molecule has 0 bridgehead atoms. The van der Waals surface area contributed by atoms with Crippen molar-refractivity contribution in [1.82, 2.24) is 0 Å². The van der Waals surface area contributed by atoms with E-state index in [1.165, 1.54) is 6.92 Å². The van der Waals surface area contributed by atoms with Gasteiger partial charge >= 0.3 is 0 Å². The molecule has 3 aromatic rings. The Labute approximate surface area is 177 Å². The van der Waals surface area contributed by atoms with E-state index < -0.39 is 0 Å². The largest absolute Gasteiger partial charge is 0.496 e. The maximum Gasteiger partial charge on any atom is 0.228 e. The van der Waals surface area contributed by atoms with Gasteiger partial charge in [0.25, 0.3) is 0 Å². The van der Waals surface area contributed by atoms with Gasteiger partial charge in [-0.3, -0.25) is 9.69 Å².